The van der Waals surface area contributed by atoms with E-state index in [0.29, 0.717) is 16.9 Å². The molecule has 1 saturated carbocycles. The molecule has 20 heavy (non-hydrogen) atoms. The molecular weight excluding hydrogens is 252 g/mol. The number of nitrogens with one attached hydrogen (secondary N) is 2. The van der Waals surface area contributed by atoms with Gasteiger partial charge in [-0.15, -0.1) is 0 Å². The van der Waals surface area contributed by atoms with Gasteiger partial charge in [0.25, 0.3) is 5.91 Å². The van der Waals surface area contributed by atoms with Gasteiger partial charge in [-0.25, -0.2) is 4.98 Å². The number of rotatable bonds is 4. The molecule has 0 spiro atoms. The fraction of sp³-hybridized carbons (Fsp3) is 0.667. The maximum absolute atomic E-state index is 12.2. The van der Waals surface area contributed by atoms with Crippen molar-refractivity contribution in [1.82, 2.24) is 15.3 Å². The van der Waals surface area contributed by atoms with Gasteiger partial charge in [-0.2, -0.15) is 0 Å². The molecule has 1 fully saturated rings. The Morgan fingerprint density at radius 3 is 2.95 bits per heavy atom. The van der Waals surface area contributed by atoms with Crippen molar-refractivity contribution in [3.05, 3.63) is 18.1 Å². The monoisotopic (exact) mass is 276 g/mol. The first-order valence-electron chi connectivity index (χ1n) is 7.37. The standard InChI is InChI=1S/C15H24N4O/c1-4-17-13-10-16-9-12(19-13)14(20)18-11-6-5-7-15(2,3)8-11/h9-11H,4-8H2,1-3H3,(H,17,19)(H,18,20). The van der Waals surface area contributed by atoms with Gasteiger partial charge in [0.05, 0.1) is 12.4 Å². The van der Waals surface area contributed by atoms with E-state index < -0.39 is 0 Å². The molecule has 110 valence electrons. The zero-order chi connectivity index (χ0) is 14.6. The number of carbonyl (C=O) groups excluding carboxylic acids is 1. The van der Waals surface area contributed by atoms with Gasteiger partial charge in [-0.1, -0.05) is 20.3 Å². The minimum atomic E-state index is -0.125. The molecule has 1 atom stereocenters. The van der Waals surface area contributed by atoms with E-state index in [0.717, 1.165) is 19.4 Å². The SMILES string of the molecule is CCNc1cncc(C(=O)NC2CCCC(C)(C)C2)n1. The Balaban J connectivity index is 1.99. The Morgan fingerprint density at radius 1 is 1.45 bits per heavy atom. The zero-order valence-electron chi connectivity index (χ0n) is 12.6. The van der Waals surface area contributed by atoms with Crippen molar-refractivity contribution in [2.24, 2.45) is 5.41 Å². The van der Waals surface area contributed by atoms with Crippen LogP contribution in [-0.2, 0) is 0 Å². The molecule has 0 aliphatic heterocycles. The molecule has 2 rings (SSSR count). The Kier molecular flexibility index (Phi) is 4.57. The van der Waals surface area contributed by atoms with Crippen molar-refractivity contribution in [3.8, 4) is 0 Å². The Hall–Kier alpha value is -1.65. The third kappa shape index (κ3) is 3.92. The summed E-state index contributed by atoms with van der Waals surface area (Å²) < 4.78 is 0. The second kappa shape index (κ2) is 6.20. The number of hydrogen-bond donors (Lipinski definition) is 2. The van der Waals surface area contributed by atoms with Gasteiger partial charge in [0, 0.05) is 12.6 Å². The Bertz CT molecular complexity index is 473. The van der Waals surface area contributed by atoms with Crippen LogP contribution in [0.2, 0.25) is 0 Å². The number of amides is 1. The second-order valence-electron chi connectivity index (χ2n) is 6.25. The van der Waals surface area contributed by atoms with Crippen LogP contribution in [0.25, 0.3) is 0 Å². The predicted molar refractivity (Wildman–Crippen MR) is 79.7 cm³/mol. The highest BCUT2D eigenvalue weighted by Crippen LogP contribution is 2.35. The molecule has 0 bridgehead atoms. The van der Waals surface area contributed by atoms with Gasteiger partial charge in [0.1, 0.15) is 11.5 Å². The molecule has 1 aromatic rings. The van der Waals surface area contributed by atoms with Crippen LogP contribution in [0, 0.1) is 5.41 Å². The first-order chi connectivity index (χ1) is 9.50. The van der Waals surface area contributed by atoms with Crippen LogP contribution in [0.3, 0.4) is 0 Å². The summed E-state index contributed by atoms with van der Waals surface area (Å²) in [5.41, 5.74) is 0.694. The van der Waals surface area contributed by atoms with E-state index >= 15 is 0 Å². The van der Waals surface area contributed by atoms with Gasteiger partial charge in [0.2, 0.25) is 0 Å². The van der Waals surface area contributed by atoms with Crippen LogP contribution in [0.1, 0.15) is 56.9 Å². The Labute approximate surface area is 120 Å². The highest BCUT2D eigenvalue weighted by atomic mass is 16.1. The largest absolute Gasteiger partial charge is 0.369 e. The van der Waals surface area contributed by atoms with Crippen molar-refractivity contribution in [1.29, 1.82) is 0 Å². The summed E-state index contributed by atoms with van der Waals surface area (Å²) in [5, 5.41) is 6.16. The number of nitrogens with zero attached hydrogens (tertiary/aromatic N) is 2. The quantitative estimate of drug-likeness (QED) is 0.887. The first kappa shape index (κ1) is 14.8. The second-order valence-corrected chi connectivity index (χ2v) is 6.25. The highest BCUT2D eigenvalue weighted by molar-refractivity contribution is 5.92. The zero-order valence-corrected chi connectivity index (χ0v) is 12.6. The topological polar surface area (TPSA) is 66.9 Å². The lowest BCUT2D eigenvalue weighted by molar-refractivity contribution is 0.0897. The van der Waals surface area contributed by atoms with Gasteiger partial charge in [0.15, 0.2) is 0 Å². The maximum atomic E-state index is 12.2. The van der Waals surface area contributed by atoms with Crippen molar-refractivity contribution in [2.45, 2.75) is 52.5 Å². The molecule has 0 aromatic carbocycles. The third-order valence-corrected chi connectivity index (χ3v) is 3.77. The van der Waals surface area contributed by atoms with Crippen LogP contribution in [0.5, 0.6) is 0 Å². The van der Waals surface area contributed by atoms with Crippen LogP contribution in [0.15, 0.2) is 12.4 Å². The van der Waals surface area contributed by atoms with Crippen LogP contribution < -0.4 is 10.6 Å². The normalized spacial score (nSPS) is 21.2. The molecular formula is C15H24N4O. The molecule has 0 saturated heterocycles. The molecule has 1 aliphatic carbocycles. The minimum absolute atomic E-state index is 0.125. The average molecular weight is 276 g/mol. The van der Waals surface area contributed by atoms with Crippen molar-refractivity contribution in [2.75, 3.05) is 11.9 Å². The number of hydrogen-bond acceptors (Lipinski definition) is 4. The van der Waals surface area contributed by atoms with Crippen LogP contribution in [0.4, 0.5) is 5.82 Å². The summed E-state index contributed by atoms with van der Waals surface area (Å²) in [6, 6.07) is 0.246. The predicted octanol–water partition coefficient (Wildman–Crippen LogP) is 2.61. The van der Waals surface area contributed by atoms with E-state index in [2.05, 4.69) is 34.4 Å². The summed E-state index contributed by atoms with van der Waals surface area (Å²) in [6.07, 6.45) is 7.62. The van der Waals surface area contributed by atoms with Crippen molar-refractivity contribution >= 4 is 11.7 Å². The molecule has 1 aromatic heterocycles. The van der Waals surface area contributed by atoms with E-state index in [4.69, 9.17) is 0 Å². The number of carbonyl (C=O) groups is 1. The summed E-state index contributed by atoms with van der Waals surface area (Å²) >= 11 is 0. The fourth-order valence-corrected chi connectivity index (χ4v) is 2.82. The average Bonchev–Trinajstić information content (AvgIpc) is 2.38. The van der Waals surface area contributed by atoms with E-state index in [-0.39, 0.29) is 11.9 Å². The smallest absolute Gasteiger partial charge is 0.271 e. The van der Waals surface area contributed by atoms with Crippen molar-refractivity contribution in [3.63, 3.8) is 0 Å². The third-order valence-electron chi connectivity index (χ3n) is 3.77. The molecule has 5 nitrogen and oxygen atoms in total. The molecule has 5 heteroatoms. The number of anilines is 1. The lowest BCUT2D eigenvalue weighted by Crippen LogP contribution is -2.41. The summed E-state index contributed by atoms with van der Waals surface area (Å²) in [4.78, 5) is 20.6. The van der Waals surface area contributed by atoms with Crippen LogP contribution in [-0.4, -0.2) is 28.5 Å². The molecule has 0 radical (unpaired) electrons. The lowest BCUT2D eigenvalue weighted by atomic mass is 9.75. The highest BCUT2D eigenvalue weighted by Gasteiger charge is 2.29. The minimum Gasteiger partial charge on any atom is -0.369 e. The summed E-state index contributed by atoms with van der Waals surface area (Å²) in [7, 11) is 0. The van der Waals surface area contributed by atoms with Gasteiger partial charge >= 0.3 is 0 Å². The van der Waals surface area contributed by atoms with E-state index in [1.807, 2.05) is 6.92 Å². The van der Waals surface area contributed by atoms with E-state index in [1.54, 1.807) is 6.20 Å². The lowest BCUT2D eigenvalue weighted by Gasteiger charge is -2.35. The van der Waals surface area contributed by atoms with E-state index in [1.165, 1.54) is 19.0 Å². The molecule has 1 amide bonds. The van der Waals surface area contributed by atoms with E-state index in [9.17, 15) is 4.79 Å². The maximum Gasteiger partial charge on any atom is 0.271 e. The fourth-order valence-electron chi connectivity index (χ4n) is 2.82. The van der Waals surface area contributed by atoms with Gasteiger partial charge in [-0.3, -0.25) is 9.78 Å². The van der Waals surface area contributed by atoms with Gasteiger partial charge in [-0.05, 0) is 31.6 Å². The summed E-state index contributed by atoms with van der Waals surface area (Å²) in [5.74, 6) is 0.518. The molecule has 1 heterocycles. The molecule has 1 aliphatic rings. The Morgan fingerprint density at radius 2 is 2.25 bits per heavy atom. The van der Waals surface area contributed by atoms with Crippen LogP contribution >= 0.6 is 0 Å². The van der Waals surface area contributed by atoms with Crippen molar-refractivity contribution < 1.29 is 4.79 Å². The summed E-state index contributed by atoms with van der Waals surface area (Å²) in [6.45, 7) is 7.27. The molecule has 1 unspecified atom stereocenters. The molecule has 2 N–H and O–H groups in total. The van der Waals surface area contributed by atoms with Gasteiger partial charge < -0.3 is 10.6 Å². The number of aromatic nitrogens is 2. The first-order valence-corrected chi connectivity index (χ1v) is 7.37.